The summed E-state index contributed by atoms with van der Waals surface area (Å²) in [6, 6.07) is 0. The number of hydrogen-bond donors (Lipinski definition) is 3. The van der Waals surface area contributed by atoms with Gasteiger partial charge in [-0.15, -0.1) is 24.0 Å². The smallest absolute Gasteiger partial charge is 0.220 e. The molecule has 0 spiro atoms. The molecule has 1 amide bonds. The second-order valence-electron chi connectivity index (χ2n) is 8.28. The zero-order valence-corrected chi connectivity index (χ0v) is 20.0. The molecule has 0 aromatic carbocycles. The molecule has 1 aliphatic rings. The fourth-order valence-electron chi connectivity index (χ4n) is 3.23. The van der Waals surface area contributed by atoms with Crippen molar-refractivity contribution in [2.75, 3.05) is 20.1 Å². The first-order valence-corrected chi connectivity index (χ1v) is 10.0. The first kappa shape index (κ1) is 24.7. The van der Waals surface area contributed by atoms with Gasteiger partial charge in [0, 0.05) is 32.0 Å². The highest BCUT2D eigenvalue weighted by molar-refractivity contribution is 14.0. The van der Waals surface area contributed by atoms with Crippen LogP contribution >= 0.6 is 24.0 Å². The number of carbonyl (C=O) groups is 1. The Bertz CT molecular complexity index is 618. The van der Waals surface area contributed by atoms with E-state index in [2.05, 4.69) is 46.7 Å². The second kappa shape index (κ2) is 12.3. The molecule has 1 saturated carbocycles. The Hall–Kier alpha value is -1.32. The topological polar surface area (TPSA) is 91.5 Å². The van der Waals surface area contributed by atoms with Gasteiger partial charge in [0.2, 0.25) is 11.8 Å². The molecule has 0 saturated heterocycles. The molecule has 0 aliphatic heterocycles. The maximum atomic E-state index is 12.0. The lowest BCUT2D eigenvalue weighted by Crippen LogP contribution is -2.41. The Morgan fingerprint density at radius 2 is 1.86 bits per heavy atom. The third-order valence-electron chi connectivity index (χ3n) is 4.86. The minimum atomic E-state index is -0.0546. The number of nitrogens with zero attached hydrogens (tertiary/aromatic N) is 2. The highest BCUT2D eigenvalue weighted by atomic mass is 127. The lowest BCUT2D eigenvalue weighted by atomic mass is 9.87. The zero-order chi connectivity index (χ0) is 19.7. The average molecular weight is 505 g/mol. The van der Waals surface area contributed by atoms with E-state index in [1.165, 1.54) is 32.1 Å². The molecule has 2 rings (SSSR count). The summed E-state index contributed by atoms with van der Waals surface area (Å²) in [5, 5.41) is 9.35. The molecule has 3 N–H and O–H groups in total. The van der Waals surface area contributed by atoms with Crippen LogP contribution in [0.25, 0.3) is 0 Å². The van der Waals surface area contributed by atoms with E-state index in [9.17, 15) is 4.79 Å². The molecule has 1 aromatic heterocycles. The van der Waals surface area contributed by atoms with Crippen LogP contribution in [0, 0.1) is 5.92 Å². The van der Waals surface area contributed by atoms with Crippen LogP contribution in [0.5, 0.6) is 0 Å². The lowest BCUT2D eigenvalue weighted by molar-refractivity contribution is -0.122. The summed E-state index contributed by atoms with van der Waals surface area (Å²) in [5.41, 5.74) is -0.0546. The lowest BCUT2D eigenvalue weighted by Gasteiger charge is -2.20. The molecule has 0 atom stereocenters. The predicted octanol–water partition coefficient (Wildman–Crippen LogP) is 3.34. The third kappa shape index (κ3) is 8.79. The quantitative estimate of drug-likeness (QED) is 0.229. The molecule has 1 heterocycles. The molecule has 8 heteroatoms. The van der Waals surface area contributed by atoms with E-state index in [1.54, 1.807) is 13.2 Å². The number of aromatic nitrogens is 1. The maximum Gasteiger partial charge on any atom is 0.220 e. The third-order valence-corrected chi connectivity index (χ3v) is 4.86. The SMILES string of the molecule is CN=C(NCCNC(=O)CC1CCCCC1)NCc1ncc(C(C)(C)C)o1.I. The van der Waals surface area contributed by atoms with Crippen LogP contribution in [-0.4, -0.2) is 37.0 Å². The van der Waals surface area contributed by atoms with Gasteiger partial charge in [-0.3, -0.25) is 9.79 Å². The molecular weight excluding hydrogens is 469 g/mol. The highest BCUT2D eigenvalue weighted by Crippen LogP contribution is 2.26. The van der Waals surface area contributed by atoms with Gasteiger partial charge in [0.25, 0.3) is 0 Å². The van der Waals surface area contributed by atoms with Gasteiger partial charge < -0.3 is 20.4 Å². The molecule has 1 aromatic rings. The minimum absolute atomic E-state index is 0. The number of carbonyl (C=O) groups excluding carboxylic acids is 1. The van der Waals surface area contributed by atoms with Crippen molar-refractivity contribution in [2.24, 2.45) is 10.9 Å². The highest BCUT2D eigenvalue weighted by Gasteiger charge is 2.19. The Morgan fingerprint density at radius 1 is 1.18 bits per heavy atom. The molecule has 1 fully saturated rings. The van der Waals surface area contributed by atoms with E-state index < -0.39 is 0 Å². The van der Waals surface area contributed by atoms with E-state index in [1.807, 2.05) is 0 Å². The number of amides is 1. The monoisotopic (exact) mass is 505 g/mol. The van der Waals surface area contributed by atoms with Gasteiger partial charge >= 0.3 is 0 Å². The predicted molar refractivity (Wildman–Crippen MR) is 123 cm³/mol. The number of oxazole rings is 1. The molecule has 160 valence electrons. The fraction of sp³-hybridized carbons (Fsp3) is 0.750. The van der Waals surface area contributed by atoms with Crippen molar-refractivity contribution in [1.29, 1.82) is 0 Å². The van der Waals surface area contributed by atoms with Crippen LogP contribution < -0.4 is 16.0 Å². The van der Waals surface area contributed by atoms with Crippen molar-refractivity contribution in [3.63, 3.8) is 0 Å². The number of halogens is 1. The van der Waals surface area contributed by atoms with E-state index in [-0.39, 0.29) is 35.3 Å². The first-order valence-electron chi connectivity index (χ1n) is 10.0. The maximum absolute atomic E-state index is 12.0. The second-order valence-corrected chi connectivity index (χ2v) is 8.28. The largest absolute Gasteiger partial charge is 0.443 e. The average Bonchev–Trinajstić information content (AvgIpc) is 3.11. The Kier molecular flexibility index (Phi) is 10.8. The van der Waals surface area contributed by atoms with Crippen LogP contribution in [-0.2, 0) is 16.8 Å². The summed E-state index contributed by atoms with van der Waals surface area (Å²) < 4.78 is 5.76. The molecule has 7 nitrogen and oxygen atoms in total. The molecule has 1 aliphatic carbocycles. The Morgan fingerprint density at radius 3 is 2.46 bits per heavy atom. The van der Waals surface area contributed by atoms with Crippen LogP contribution in [0.2, 0.25) is 0 Å². The molecular formula is C20H36IN5O2. The van der Waals surface area contributed by atoms with Crippen molar-refractivity contribution < 1.29 is 9.21 Å². The number of nitrogens with one attached hydrogen (secondary N) is 3. The molecule has 0 unspecified atom stereocenters. The van der Waals surface area contributed by atoms with Gasteiger partial charge in [0.05, 0.1) is 12.7 Å². The molecule has 28 heavy (non-hydrogen) atoms. The van der Waals surface area contributed by atoms with E-state index >= 15 is 0 Å². The van der Waals surface area contributed by atoms with Crippen molar-refractivity contribution in [2.45, 2.75) is 71.3 Å². The van der Waals surface area contributed by atoms with E-state index in [4.69, 9.17) is 4.42 Å². The Balaban J connectivity index is 0.00000392. The van der Waals surface area contributed by atoms with E-state index in [0.717, 1.165) is 5.76 Å². The minimum Gasteiger partial charge on any atom is -0.443 e. The van der Waals surface area contributed by atoms with Crippen molar-refractivity contribution in [1.82, 2.24) is 20.9 Å². The van der Waals surface area contributed by atoms with Crippen molar-refractivity contribution >= 4 is 35.8 Å². The summed E-state index contributed by atoms with van der Waals surface area (Å²) in [7, 11) is 1.72. The summed E-state index contributed by atoms with van der Waals surface area (Å²) in [5.74, 6) is 2.87. The standard InChI is InChI=1S/C20H35N5O2.HI/c1-20(2,3)16-13-24-18(27-16)14-25-19(21-4)23-11-10-22-17(26)12-15-8-6-5-7-9-15;/h13,15H,5-12,14H2,1-4H3,(H,22,26)(H2,21,23,25);1H. The van der Waals surface area contributed by atoms with Crippen molar-refractivity contribution in [3.8, 4) is 0 Å². The summed E-state index contributed by atoms with van der Waals surface area (Å²) >= 11 is 0. The summed E-state index contributed by atoms with van der Waals surface area (Å²) in [6.07, 6.45) is 8.67. The van der Waals surface area contributed by atoms with E-state index in [0.29, 0.717) is 43.8 Å². The Labute approximate surface area is 185 Å². The van der Waals surface area contributed by atoms with Crippen LogP contribution in [0.15, 0.2) is 15.6 Å². The van der Waals surface area contributed by atoms with Gasteiger partial charge in [-0.05, 0) is 18.8 Å². The normalized spacial score (nSPS) is 15.6. The van der Waals surface area contributed by atoms with Gasteiger partial charge in [-0.2, -0.15) is 0 Å². The van der Waals surface area contributed by atoms with Gasteiger partial charge in [-0.25, -0.2) is 4.98 Å². The number of hydrogen-bond acceptors (Lipinski definition) is 4. The number of aliphatic imine (C=N–C) groups is 1. The van der Waals surface area contributed by atoms with Crippen LogP contribution in [0.1, 0.15) is 70.9 Å². The molecule has 0 bridgehead atoms. The zero-order valence-electron chi connectivity index (χ0n) is 17.6. The molecule has 0 radical (unpaired) electrons. The van der Waals surface area contributed by atoms with Crippen LogP contribution in [0.4, 0.5) is 0 Å². The van der Waals surface area contributed by atoms with Gasteiger partial charge in [0.15, 0.2) is 5.96 Å². The fourth-order valence-corrected chi connectivity index (χ4v) is 3.23. The summed E-state index contributed by atoms with van der Waals surface area (Å²) in [6.45, 7) is 7.94. The van der Waals surface area contributed by atoms with Crippen LogP contribution in [0.3, 0.4) is 0 Å². The van der Waals surface area contributed by atoms with Gasteiger partial charge in [-0.1, -0.05) is 40.0 Å². The first-order chi connectivity index (χ1) is 12.9. The number of rotatable bonds is 7. The number of guanidine groups is 1. The summed E-state index contributed by atoms with van der Waals surface area (Å²) in [4.78, 5) is 20.5. The van der Waals surface area contributed by atoms with Crippen molar-refractivity contribution in [3.05, 3.63) is 17.8 Å². The van der Waals surface area contributed by atoms with Gasteiger partial charge in [0.1, 0.15) is 5.76 Å².